The third-order valence-electron chi connectivity index (χ3n) is 3.89. The van der Waals surface area contributed by atoms with Crippen LogP contribution >= 0.6 is 0 Å². The summed E-state index contributed by atoms with van der Waals surface area (Å²) in [6.07, 6.45) is 3.16. The fourth-order valence-electron chi connectivity index (χ4n) is 2.62. The molecular weight excluding hydrogens is 345 g/mol. The van der Waals surface area contributed by atoms with Crippen molar-refractivity contribution in [1.82, 2.24) is 15.0 Å². The van der Waals surface area contributed by atoms with Gasteiger partial charge < -0.3 is 10.6 Å². The first-order valence-corrected chi connectivity index (χ1v) is 8.20. The summed E-state index contributed by atoms with van der Waals surface area (Å²) in [5.41, 5.74) is 1.70. The Bertz CT molecular complexity index is 1130. The van der Waals surface area contributed by atoms with E-state index in [9.17, 15) is 9.18 Å². The summed E-state index contributed by atoms with van der Waals surface area (Å²) in [4.78, 5) is 25.1. The largest absolute Gasteiger partial charge is 0.322 e. The molecule has 2 aromatic heterocycles. The smallest absolute Gasteiger partial charge is 0.274 e. The van der Waals surface area contributed by atoms with E-state index in [0.717, 1.165) is 16.6 Å². The zero-order chi connectivity index (χ0) is 18.6. The van der Waals surface area contributed by atoms with Crippen molar-refractivity contribution in [3.8, 4) is 0 Å². The van der Waals surface area contributed by atoms with Crippen LogP contribution in [0.2, 0.25) is 0 Å². The van der Waals surface area contributed by atoms with Crippen molar-refractivity contribution in [2.75, 3.05) is 10.6 Å². The summed E-state index contributed by atoms with van der Waals surface area (Å²) >= 11 is 0. The number of carbonyl (C=O) groups excluding carboxylic acids is 1. The minimum Gasteiger partial charge on any atom is -0.322 e. The molecular formula is C20H14FN5O. The van der Waals surface area contributed by atoms with Crippen LogP contribution in [0.25, 0.3) is 10.9 Å². The van der Waals surface area contributed by atoms with Gasteiger partial charge in [0.1, 0.15) is 11.5 Å². The van der Waals surface area contributed by atoms with E-state index in [1.165, 1.54) is 24.4 Å². The molecule has 27 heavy (non-hydrogen) atoms. The van der Waals surface area contributed by atoms with Crippen molar-refractivity contribution in [3.63, 3.8) is 0 Å². The monoisotopic (exact) mass is 359 g/mol. The number of benzene rings is 2. The molecule has 132 valence electrons. The highest BCUT2D eigenvalue weighted by Gasteiger charge is 2.12. The summed E-state index contributed by atoms with van der Waals surface area (Å²) in [6, 6.07) is 16.9. The zero-order valence-corrected chi connectivity index (χ0v) is 14.1. The second-order valence-corrected chi connectivity index (χ2v) is 5.71. The summed E-state index contributed by atoms with van der Waals surface area (Å²) < 4.78 is 13.7. The highest BCUT2D eigenvalue weighted by atomic mass is 19.1. The number of carbonyl (C=O) groups is 1. The third kappa shape index (κ3) is 3.57. The number of anilines is 3. The Kier molecular flexibility index (Phi) is 4.40. The van der Waals surface area contributed by atoms with E-state index in [0.29, 0.717) is 0 Å². The lowest BCUT2D eigenvalue weighted by Gasteiger charge is -2.09. The maximum absolute atomic E-state index is 13.7. The Balaban J connectivity index is 1.59. The number of halogens is 1. The molecule has 7 heteroatoms. The van der Waals surface area contributed by atoms with Crippen LogP contribution in [0.15, 0.2) is 73.1 Å². The normalized spacial score (nSPS) is 10.6. The minimum absolute atomic E-state index is 0.0916. The van der Waals surface area contributed by atoms with Crippen LogP contribution in [0.5, 0.6) is 0 Å². The van der Waals surface area contributed by atoms with Crippen molar-refractivity contribution in [2.24, 2.45) is 0 Å². The molecule has 0 fully saturated rings. The molecule has 0 saturated carbocycles. The molecule has 2 aromatic carbocycles. The van der Waals surface area contributed by atoms with Gasteiger partial charge in [-0.25, -0.2) is 14.4 Å². The number of nitrogens with one attached hydrogen (secondary N) is 2. The number of fused-ring (bicyclic) bond motifs is 1. The van der Waals surface area contributed by atoms with Gasteiger partial charge in [0.2, 0.25) is 5.95 Å². The average molecular weight is 359 g/mol. The zero-order valence-electron chi connectivity index (χ0n) is 14.1. The maximum Gasteiger partial charge on any atom is 0.274 e. The lowest BCUT2D eigenvalue weighted by atomic mass is 10.2. The van der Waals surface area contributed by atoms with E-state index >= 15 is 0 Å². The van der Waals surface area contributed by atoms with E-state index in [4.69, 9.17) is 0 Å². The summed E-state index contributed by atoms with van der Waals surface area (Å²) in [7, 11) is 0. The van der Waals surface area contributed by atoms with E-state index in [1.54, 1.807) is 18.3 Å². The number of hydrogen-bond donors (Lipinski definition) is 2. The summed E-state index contributed by atoms with van der Waals surface area (Å²) in [6.45, 7) is 0. The topological polar surface area (TPSA) is 79.8 Å². The molecule has 0 unspecified atom stereocenters. The van der Waals surface area contributed by atoms with Gasteiger partial charge in [-0.15, -0.1) is 0 Å². The lowest BCUT2D eigenvalue weighted by molar-refractivity contribution is 0.102. The van der Waals surface area contributed by atoms with Gasteiger partial charge in [-0.05, 0) is 30.3 Å². The molecule has 0 radical (unpaired) electrons. The number of hydrogen-bond acceptors (Lipinski definition) is 5. The lowest BCUT2D eigenvalue weighted by Crippen LogP contribution is -2.15. The molecule has 1 amide bonds. The standard InChI is InChI=1S/C20H14FN5O/c21-14-7-1-2-8-15(14)24-19(27)17-10-12-23-20(26-17)25-16-9-3-5-13-6-4-11-22-18(13)16/h1-12H,(H,24,27)(H,23,25,26). The number of nitrogens with zero attached hydrogens (tertiary/aromatic N) is 3. The van der Waals surface area contributed by atoms with Gasteiger partial charge in [0.05, 0.1) is 16.9 Å². The molecule has 0 spiro atoms. The van der Waals surface area contributed by atoms with E-state index < -0.39 is 11.7 Å². The van der Waals surface area contributed by atoms with Crippen LogP contribution < -0.4 is 10.6 Å². The van der Waals surface area contributed by atoms with Crippen molar-refractivity contribution >= 4 is 34.1 Å². The summed E-state index contributed by atoms with van der Waals surface area (Å²) in [5, 5.41) is 6.55. The molecule has 0 bridgehead atoms. The second kappa shape index (κ2) is 7.17. The molecule has 4 aromatic rings. The van der Waals surface area contributed by atoms with Crippen LogP contribution in [0.3, 0.4) is 0 Å². The molecule has 0 aliphatic rings. The van der Waals surface area contributed by atoms with Gasteiger partial charge >= 0.3 is 0 Å². The van der Waals surface area contributed by atoms with Crippen molar-refractivity contribution < 1.29 is 9.18 Å². The Morgan fingerprint density at radius 2 is 1.67 bits per heavy atom. The third-order valence-corrected chi connectivity index (χ3v) is 3.89. The van der Waals surface area contributed by atoms with Gasteiger partial charge in [0, 0.05) is 17.8 Å². The SMILES string of the molecule is O=C(Nc1ccccc1F)c1ccnc(Nc2cccc3cccnc23)n1. The molecule has 0 aliphatic heterocycles. The van der Waals surface area contributed by atoms with Gasteiger partial charge in [-0.2, -0.15) is 0 Å². The number of aromatic nitrogens is 3. The van der Waals surface area contributed by atoms with Crippen molar-refractivity contribution in [2.45, 2.75) is 0 Å². The second-order valence-electron chi connectivity index (χ2n) is 5.71. The van der Waals surface area contributed by atoms with Crippen LogP contribution in [-0.4, -0.2) is 20.9 Å². The van der Waals surface area contributed by atoms with Crippen molar-refractivity contribution in [1.29, 1.82) is 0 Å². The highest BCUT2D eigenvalue weighted by Crippen LogP contribution is 2.23. The van der Waals surface area contributed by atoms with Crippen LogP contribution in [0.1, 0.15) is 10.5 Å². The molecule has 6 nitrogen and oxygen atoms in total. The molecule has 0 atom stereocenters. The predicted octanol–water partition coefficient (Wildman–Crippen LogP) is 4.16. The first-order chi connectivity index (χ1) is 13.2. The first kappa shape index (κ1) is 16.6. The Labute approximate surface area is 154 Å². The van der Waals surface area contributed by atoms with Gasteiger partial charge in [0.25, 0.3) is 5.91 Å². The molecule has 0 aliphatic carbocycles. The van der Waals surface area contributed by atoms with Crippen molar-refractivity contribution in [3.05, 3.63) is 84.6 Å². The van der Waals surface area contributed by atoms with Crippen LogP contribution in [0.4, 0.5) is 21.7 Å². The van der Waals surface area contributed by atoms with Crippen LogP contribution in [-0.2, 0) is 0 Å². The quantitative estimate of drug-likeness (QED) is 0.572. The number of amides is 1. The Hall–Kier alpha value is -3.87. The van der Waals surface area contributed by atoms with Gasteiger partial charge in [-0.3, -0.25) is 9.78 Å². The predicted molar refractivity (Wildman–Crippen MR) is 101 cm³/mol. The molecule has 2 N–H and O–H groups in total. The van der Waals surface area contributed by atoms with Gasteiger partial charge in [0.15, 0.2) is 0 Å². The first-order valence-electron chi connectivity index (χ1n) is 8.20. The molecule has 4 rings (SSSR count). The minimum atomic E-state index is -0.526. The fraction of sp³-hybridized carbons (Fsp3) is 0. The Morgan fingerprint density at radius 3 is 2.56 bits per heavy atom. The van der Waals surface area contributed by atoms with Gasteiger partial charge in [-0.1, -0.05) is 30.3 Å². The number of pyridine rings is 1. The number of rotatable bonds is 4. The number of para-hydroxylation sites is 2. The summed E-state index contributed by atoms with van der Waals surface area (Å²) in [5.74, 6) is -0.795. The van der Waals surface area contributed by atoms with E-state index in [1.807, 2.05) is 30.3 Å². The Morgan fingerprint density at radius 1 is 0.852 bits per heavy atom. The van der Waals surface area contributed by atoms with E-state index in [-0.39, 0.29) is 17.3 Å². The molecule has 0 saturated heterocycles. The fourth-order valence-corrected chi connectivity index (χ4v) is 2.62. The van der Waals surface area contributed by atoms with E-state index in [2.05, 4.69) is 25.6 Å². The molecule has 2 heterocycles. The average Bonchev–Trinajstić information content (AvgIpc) is 2.70. The van der Waals surface area contributed by atoms with Crippen LogP contribution in [0, 0.1) is 5.82 Å². The highest BCUT2D eigenvalue weighted by molar-refractivity contribution is 6.03. The maximum atomic E-state index is 13.7.